The molecular formula is C13H25N3O. The molecule has 0 aromatic heterocycles. The van der Waals surface area contributed by atoms with Crippen molar-refractivity contribution in [1.82, 2.24) is 10.2 Å². The van der Waals surface area contributed by atoms with Crippen molar-refractivity contribution < 1.29 is 4.79 Å². The molecular weight excluding hydrogens is 214 g/mol. The van der Waals surface area contributed by atoms with Crippen LogP contribution in [-0.2, 0) is 4.79 Å². The number of hydrogen-bond donors (Lipinski definition) is 2. The Morgan fingerprint density at radius 2 is 2.12 bits per heavy atom. The topological polar surface area (TPSA) is 58.4 Å². The van der Waals surface area contributed by atoms with Gasteiger partial charge in [-0.05, 0) is 25.2 Å². The molecule has 1 heterocycles. The quantitative estimate of drug-likeness (QED) is 0.763. The molecule has 0 radical (unpaired) electrons. The summed E-state index contributed by atoms with van der Waals surface area (Å²) in [6, 6.07) is 0.656. The van der Waals surface area contributed by atoms with Gasteiger partial charge in [-0.15, -0.1) is 0 Å². The minimum atomic E-state index is 0.179. The van der Waals surface area contributed by atoms with E-state index in [1.165, 1.54) is 19.3 Å². The van der Waals surface area contributed by atoms with Crippen LogP contribution in [-0.4, -0.2) is 42.5 Å². The van der Waals surface area contributed by atoms with Gasteiger partial charge in [-0.1, -0.05) is 19.8 Å². The summed E-state index contributed by atoms with van der Waals surface area (Å²) in [7, 11) is 0. The van der Waals surface area contributed by atoms with Gasteiger partial charge in [0.15, 0.2) is 0 Å². The molecule has 1 aliphatic carbocycles. The maximum atomic E-state index is 11.9. The van der Waals surface area contributed by atoms with E-state index in [1.807, 2.05) is 0 Å². The van der Waals surface area contributed by atoms with Crippen LogP contribution in [0.1, 0.15) is 39.0 Å². The van der Waals surface area contributed by atoms with Crippen LogP contribution >= 0.6 is 0 Å². The molecule has 2 fully saturated rings. The van der Waals surface area contributed by atoms with Crippen molar-refractivity contribution in [3.63, 3.8) is 0 Å². The lowest BCUT2D eigenvalue weighted by Gasteiger charge is -2.30. The molecule has 0 spiro atoms. The monoisotopic (exact) mass is 239 g/mol. The molecule has 3 atom stereocenters. The lowest BCUT2D eigenvalue weighted by molar-refractivity contribution is -0.123. The Labute approximate surface area is 104 Å². The van der Waals surface area contributed by atoms with Gasteiger partial charge in [0.2, 0.25) is 5.91 Å². The van der Waals surface area contributed by atoms with Crippen molar-refractivity contribution >= 4 is 5.91 Å². The molecule has 1 saturated carbocycles. The number of amides is 1. The third-order valence-electron chi connectivity index (χ3n) is 4.13. The smallest absolute Gasteiger partial charge is 0.234 e. The zero-order valence-electron chi connectivity index (χ0n) is 10.8. The van der Waals surface area contributed by atoms with Crippen LogP contribution in [0.25, 0.3) is 0 Å². The Morgan fingerprint density at radius 1 is 1.35 bits per heavy atom. The number of carbonyl (C=O) groups excluding carboxylic acids is 1. The van der Waals surface area contributed by atoms with E-state index >= 15 is 0 Å². The molecule has 0 aromatic carbocycles. The lowest BCUT2D eigenvalue weighted by atomic mass is 9.86. The Morgan fingerprint density at radius 3 is 2.76 bits per heavy atom. The minimum Gasteiger partial charge on any atom is -0.352 e. The van der Waals surface area contributed by atoms with Crippen molar-refractivity contribution in [3.05, 3.63) is 0 Å². The highest BCUT2D eigenvalue weighted by molar-refractivity contribution is 5.78. The first kappa shape index (κ1) is 12.8. The fourth-order valence-corrected chi connectivity index (χ4v) is 2.99. The van der Waals surface area contributed by atoms with E-state index in [0.29, 0.717) is 18.5 Å². The molecule has 1 amide bonds. The molecule has 2 unspecified atom stereocenters. The van der Waals surface area contributed by atoms with Crippen LogP contribution in [0, 0.1) is 5.92 Å². The van der Waals surface area contributed by atoms with Gasteiger partial charge >= 0.3 is 0 Å². The second kappa shape index (κ2) is 5.83. The summed E-state index contributed by atoms with van der Waals surface area (Å²) in [6.07, 6.45) is 5.98. The summed E-state index contributed by atoms with van der Waals surface area (Å²) in [5.74, 6) is 0.811. The summed E-state index contributed by atoms with van der Waals surface area (Å²) >= 11 is 0. The zero-order valence-corrected chi connectivity index (χ0v) is 10.8. The van der Waals surface area contributed by atoms with Crippen LogP contribution in [0.4, 0.5) is 0 Å². The molecule has 4 heteroatoms. The first-order valence-corrected chi connectivity index (χ1v) is 6.92. The predicted molar refractivity (Wildman–Crippen MR) is 68.6 cm³/mol. The van der Waals surface area contributed by atoms with Gasteiger partial charge < -0.3 is 11.1 Å². The SMILES string of the molecule is CC1CCCCC1NC(=O)CN1CC[C@H](N)C1. The molecule has 1 saturated heterocycles. The molecule has 4 nitrogen and oxygen atoms in total. The third-order valence-corrected chi connectivity index (χ3v) is 4.13. The fourth-order valence-electron chi connectivity index (χ4n) is 2.99. The Balaban J connectivity index is 1.73. The minimum absolute atomic E-state index is 0.179. The second-order valence-corrected chi connectivity index (χ2v) is 5.72. The van der Waals surface area contributed by atoms with Crippen molar-refractivity contribution in [2.24, 2.45) is 11.7 Å². The molecule has 17 heavy (non-hydrogen) atoms. The lowest BCUT2D eigenvalue weighted by Crippen LogP contribution is -2.45. The Kier molecular flexibility index (Phi) is 4.40. The van der Waals surface area contributed by atoms with Gasteiger partial charge in [-0.3, -0.25) is 9.69 Å². The number of hydrogen-bond acceptors (Lipinski definition) is 3. The molecule has 3 N–H and O–H groups in total. The van der Waals surface area contributed by atoms with Crippen molar-refractivity contribution in [2.75, 3.05) is 19.6 Å². The van der Waals surface area contributed by atoms with E-state index in [-0.39, 0.29) is 11.9 Å². The Hall–Kier alpha value is -0.610. The fraction of sp³-hybridized carbons (Fsp3) is 0.923. The van der Waals surface area contributed by atoms with E-state index in [2.05, 4.69) is 17.1 Å². The first-order valence-electron chi connectivity index (χ1n) is 6.92. The normalized spacial score (nSPS) is 34.8. The number of likely N-dealkylation sites (tertiary alicyclic amines) is 1. The van der Waals surface area contributed by atoms with E-state index in [0.717, 1.165) is 25.9 Å². The van der Waals surface area contributed by atoms with E-state index in [4.69, 9.17) is 5.73 Å². The van der Waals surface area contributed by atoms with Gasteiger partial charge in [-0.2, -0.15) is 0 Å². The van der Waals surface area contributed by atoms with Crippen LogP contribution in [0.5, 0.6) is 0 Å². The van der Waals surface area contributed by atoms with Gasteiger partial charge in [0.1, 0.15) is 0 Å². The Bertz CT molecular complexity index is 269. The summed E-state index contributed by atoms with van der Waals surface area (Å²) in [6.45, 7) is 4.61. The van der Waals surface area contributed by atoms with Crippen molar-refractivity contribution in [3.8, 4) is 0 Å². The largest absolute Gasteiger partial charge is 0.352 e. The second-order valence-electron chi connectivity index (χ2n) is 5.72. The molecule has 98 valence electrons. The van der Waals surface area contributed by atoms with Crippen LogP contribution in [0.3, 0.4) is 0 Å². The van der Waals surface area contributed by atoms with Crippen LogP contribution in [0.15, 0.2) is 0 Å². The molecule has 0 bridgehead atoms. The van der Waals surface area contributed by atoms with Crippen molar-refractivity contribution in [2.45, 2.75) is 51.1 Å². The van der Waals surface area contributed by atoms with E-state index < -0.39 is 0 Å². The van der Waals surface area contributed by atoms with Crippen LogP contribution in [0.2, 0.25) is 0 Å². The highest BCUT2D eigenvalue weighted by Crippen LogP contribution is 2.23. The van der Waals surface area contributed by atoms with E-state index in [1.54, 1.807) is 0 Å². The molecule has 0 aromatic rings. The van der Waals surface area contributed by atoms with Crippen LogP contribution < -0.4 is 11.1 Å². The number of rotatable bonds is 3. The molecule has 2 rings (SSSR count). The number of nitrogens with zero attached hydrogens (tertiary/aromatic N) is 1. The van der Waals surface area contributed by atoms with E-state index in [9.17, 15) is 4.79 Å². The summed E-state index contributed by atoms with van der Waals surface area (Å²) in [5.41, 5.74) is 5.83. The summed E-state index contributed by atoms with van der Waals surface area (Å²) in [5, 5.41) is 3.19. The maximum absolute atomic E-state index is 11.9. The number of nitrogens with two attached hydrogens (primary N) is 1. The average molecular weight is 239 g/mol. The standard InChI is InChI=1S/C13H25N3O/c1-10-4-2-3-5-12(10)15-13(17)9-16-7-6-11(14)8-16/h10-12H,2-9,14H2,1H3,(H,15,17)/t10?,11-,12?/m0/s1. The highest BCUT2D eigenvalue weighted by Gasteiger charge is 2.25. The maximum Gasteiger partial charge on any atom is 0.234 e. The molecule has 2 aliphatic rings. The number of carbonyl (C=O) groups is 1. The molecule has 1 aliphatic heterocycles. The third kappa shape index (κ3) is 3.68. The van der Waals surface area contributed by atoms with Gasteiger partial charge in [-0.25, -0.2) is 0 Å². The van der Waals surface area contributed by atoms with Gasteiger partial charge in [0.25, 0.3) is 0 Å². The van der Waals surface area contributed by atoms with Crippen molar-refractivity contribution in [1.29, 1.82) is 0 Å². The first-order chi connectivity index (χ1) is 8.15. The average Bonchev–Trinajstić information content (AvgIpc) is 2.67. The highest BCUT2D eigenvalue weighted by atomic mass is 16.2. The predicted octanol–water partition coefficient (Wildman–Crippen LogP) is 0.714. The van der Waals surface area contributed by atoms with Gasteiger partial charge in [0, 0.05) is 25.2 Å². The van der Waals surface area contributed by atoms with Gasteiger partial charge in [0.05, 0.1) is 6.54 Å². The number of nitrogens with one attached hydrogen (secondary N) is 1. The summed E-state index contributed by atoms with van der Waals surface area (Å²) in [4.78, 5) is 14.1. The zero-order chi connectivity index (χ0) is 12.3. The summed E-state index contributed by atoms with van der Waals surface area (Å²) < 4.78 is 0.